The van der Waals surface area contributed by atoms with Crippen LogP contribution in [0.4, 0.5) is 4.39 Å². The Morgan fingerprint density at radius 2 is 1.93 bits per heavy atom. The predicted octanol–water partition coefficient (Wildman–Crippen LogP) is 3.68. The molecule has 6 heteroatoms. The number of hydrazine groups is 1. The first-order valence-electron chi connectivity index (χ1n) is 9.50. The molecule has 28 heavy (non-hydrogen) atoms. The fourth-order valence-electron chi connectivity index (χ4n) is 3.86. The number of amides is 1. The van der Waals surface area contributed by atoms with E-state index in [9.17, 15) is 9.18 Å². The van der Waals surface area contributed by atoms with Crippen molar-refractivity contribution >= 4 is 16.8 Å². The SMILES string of the molecule is COC1(Cc2ccc(F)cc2)CCN(NC(=O)c2ccc3[nH]ccc3c2)CC1. The Hall–Kier alpha value is -2.70. The molecule has 0 unspecified atom stereocenters. The lowest BCUT2D eigenvalue weighted by Gasteiger charge is -2.41. The smallest absolute Gasteiger partial charge is 0.265 e. The maximum Gasteiger partial charge on any atom is 0.265 e. The zero-order chi connectivity index (χ0) is 19.6. The summed E-state index contributed by atoms with van der Waals surface area (Å²) in [5.41, 5.74) is 5.43. The summed E-state index contributed by atoms with van der Waals surface area (Å²) in [6.07, 6.45) is 4.17. The number of ether oxygens (including phenoxy) is 1. The van der Waals surface area contributed by atoms with Crippen LogP contribution in [-0.4, -0.2) is 41.7 Å². The average molecular weight is 381 g/mol. The van der Waals surface area contributed by atoms with Gasteiger partial charge in [-0.3, -0.25) is 10.2 Å². The van der Waals surface area contributed by atoms with Gasteiger partial charge in [0.1, 0.15) is 5.82 Å². The van der Waals surface area contributed by atoms with Gasteiger partial charge in [0.15, 0.2) is 0 Å². The van der Waals surface area contributed by atoms with E-state index in [-0.39, 0.29) is 17.3 Å². The van der Waals surface area contributed by atoms with Crippen molar-refractivity contribution in [3.63, 3.8) is 0 Å². The third kappa shape index (κ3) is 3.93. The third-order valence-corrected chi connectivity index (χ3v) is 5.62. The number of nitrogens with one attached hydrogen (secondary N) is 2. The fourth-order valence-corrected chi connectivity index (χ4v) is 3.86. The van der Waals surface area contributed by atoms with Crippen LogP contribution in [0.15, 0.2) is 54.7 Å². The van der Waals surface area contributed by atoms with Crippen molar-refractivity contribution in [3.8, 4) is 0 Å². The van der Waals surface area contributed by atoms with E-state index in [1.165, 1.54) is 12.1 Å². The first-order valence-corrected chi connectivity index (χ1v) is 9.50. The number of piperidine rings is 1. The van der Waals surface area contributed by atoms with E-state index in [2.05, 4.69) is 10.4 Å². The Morgan fingerprint density at radius 3 is 2.64 bits per heavy atom. The summed E-state index contributed by atoms with van der Waals surface area (Å²) < 4.78 is 19.0. The molecule has 0 aliphatic carbocycles. The van der Waals surface area contributed by atoms with Crippen molar-refractivity contribution in [2.24, 2.45) is 0 Å². The highest BCUT2D eigenvalue weighted by atomic mass is 19.1. The fraction of sp³-hybridized carbons (Fsp3) is 0.318. The van der Waals surface area contributed by atoms with Gasteiger partial charge in [0, 0.05) is 49.3 Å². The zero-order valence-electron chi connectivity index (χ0n) is 15.9. The number of nitrogens with zero attached hydrogens (tertiary/aromatic N) is 1. The topological polar surface area (TPSA) is 57.4 Å². The minimum Gasteiger partial charge on any atom is -0.378 e. The van der Waals surface area contributed by atoms with Crippen LogP contribution in [-0.2, 0) is 11.2 Å². The monoisotopic (exact) mass is 381 g/mol. The van der Waals surface area contributed by atoms with Gasteiger partial charge in [0.05, 0.1) is 5.60 Å². The Kier molecular flexibility index (Phi) is 5.15. The van der Waals surface area contributed by atoms with E-state index in [1.807, 2.05) is 35.5 Å². The molecule has 1 aliphatic heterocycles. The Morgan fingerprint density at radius 1 is 1.18 bits per heavy atom. The van der Waals surface area contributed by atoms with Gasteiger partial charge in [-0.15, -0.1) is 0 Å². The van der Waals surface area contributed by atoms with E-state index in [0.717, 1.165) is 35.7 Å². The van der Waals surface area contributed by atoms with Crippen molar-refractivity contribution in [1.82, 2.24) is 15.4 Å². The molecule has 4 rings (SSSR count). The molecule has 0 bridgehead atoms. The normalized spacial score (nSPS) is 16.9. The van der Waals surface area contributed by atoms with E-state index in [0.29, 0.717) is 18.7 Å². The molecule has 1 saturated heterocycles. The van der Waals surface area contributed by atoms with E-state index in [4.69, 9.17) is 4.74 Å². The zero-order valence-corrected chi connectivity index (χ0v) is 15.9. The van der Waals surface area contributed by atoms with Gasteiger partial charge in [0.2, 0.25) is 0 Å². The molecule has 0 atom stereocenters. The van der Waals surface area contributed by atoms with Crippen molar-refractivity contribution in [1.29, 1.82) is 0 Å². The lowest BCUT2D eigenvalue weighted by Crippen LogP contribution is -2.53. The largest absolute Gasteiger partial charge is 0.378 e. The Labute approximate surface area is 163 Å². The summed E-state index contributed by atoms with van der Waals surface area (Å²) in [5, 5.41) is 2.97. The molecule has 0 radical (unpaired) electrons. The van der Waals surface area contributed by atoms with Gasteiger partial charge in [-0.1, -0.05) is 12.1 Å². The molecular weight excluding hydrogens is 357 g/mol. The molecule has 0 spiro atoms. The predicted molar refractivity (Wildman–Crippen MR) is 106 cm³/mol. The maximum atomic E-state index is 13.1. The van der Waals surface area contributed by atoms with Crippen molar-refractivity contribution in [2.45, 2.75) is 24.9 Å². The van der Waals surface area contributed by atoms with Gasteiger partial charge >= 0.3 is 0 Å². The third-order valence-electron chi connectivity index (χ3n) is 5.62. The van der Waals surface area contributed by atoms with Crippen LogP contribution in [0.5, 0.6) is 0 Å². The quantitative estimate of drug-likeness (QED) is 0.709. The number of halogens is 1. The van der Waals surface area contributed by atoms with Crippen molar-refractivity contribution < 1.29 is 13.9 Å². The van der Waals surface area contributed by atoms with Gasteiger partial charge in [-0.25, -0.2) is 9.40 Å². The second kappa shape index (κ2) is 7.73. The second-order valence-corrected chi connectivity index (χ2v) is 7.40. The minimum atomic E-state index is -0.289. The second-order valence-electron chi connectivity index (χ2n) is 7.40. The lowest BCUT2D eigenvalue weighted by molar-refractivity contribution is -0.0633. The number of benzene rings is 2. The van der Waals surface area contributed by atoms with Crippen LogP contribution in [0.3, 0.4) is 0 Å². The van der Waals surface area contributed by atoms with Crippen LogP contribution in [0, 0.1) is 5.82 Å². The summed E-state index contributed by atoms with van der Waals surface area (Å²) in [6.45, 7) is 1.40. The van der Waals surface area contributed by atoms with Gasteiger partial charge in [0.25, 0.3) is 5.91 Å². The number of methoxy groups -OCH3 is 1. The average Bonchev–Trinajstić information content (AvgIpc) is 3.19. The molecule has 2 N–H and O–H groups in total. The van der Waals surface area contributed by atoms with Gasteiger partial charge < -0.3 is 9.72 Å². The maximum absolute atomic E-state index is 13.1. The summed E-state index contributed by atoms with van der Waals surface area (Å²) in [6, 6.07) is 14.2. The van der Waals surface area contributed by atoms with Gasteiger partial charge in [-0.05, 0) is 54.8 Å². The first-order chi connectivity index (χ1) is 13.6. The molecule has 1 aliphatic rings. The molecule has 1 aromatic heterocycles. The number of hydrogen-bond donors (Lipinski definition) is 2. The number of rotatable bonds is 5. The highest BCUT2D eigenvalue weighted by Crippen LogP contribution is 2.29. The van der Waals surface area contributed by atoms with Crippen molar-refractivity contribution in [2.75, 3.05) is 20.2 Å². The summed E-state index contributed by atoms with van der Waals surface area (Å²) in [7, 11) is 1.73. The molecule has 0 saturated carbocycles. The number of aromatic amines is 1. The first kappa shape index (κ1) is 18.7. The van der Waals surface area contributed by atoms with Crippen LogP contribution in [0.1, 0.15) is 28.8 Å². The number of carbonyl (C=O) groups is 1. The molecule has 2 aromatic carbocycles. The summed E-state index contributed by atoms with van der Waals surface area (Å²) in [4.78, 5) is 15.7. The number of H-pyrrole nitrogens is 1. The summed E-state index contributed by atoms with van der Waals surface area (Å²) >= 11 is 0. The molecule has 2 heterocycles. The summed E-state index contributed by atoms with van der Waals surface area (Å²) in [5.74, 6) is -0.336. The molecule has 146 valence electrons. The van der Waals surface area contributed by atoms with Crippen LogP contribution in [0.2, 0.25) is 0 Å². The van der Waals surface area contributed by atoms with E-state index < -0.39 is 0 Å². The number of hydrogen-bond acceptors (Lipinski definition) is 3. The number of carbonyl (C=O) groups excluding carboxylic acids is 1. The number of aromatic nitrogens is 1. The van der Waals surface area contributed by atoms with Crippen LogP contribution >= 0.6 is 0 Å². The molecule has 1 amide bonds. The molecule has 1 fully saturated rings. The van der Waals surface area contributed by atoms with Gasteiger partial charge in [-0.2, -0.15) is 0 Å². The Bertz CT molecular complexity index is 959. The minimum absolute atomic E-state index is 0.105. The standard InChI is InChI=1S/C22H24FN3O2/c1-28-22(15-16-2-5-19(23)6-3-16)9-12-26(13-10-22)25-21(27)18-4-7-20-17(14-18)8-11-24-20/h2-8,11,14,24H,9-10,12-13,15H2,1H3,(H,25,27). The molecule has 3 aromatic rings. The Balaban J connectivity index is 1.37. The van der Waals surface area contributed by atoms with Crippen molar-refractivity contribution in [3.05, 3.63) is 71.7 Å². The highest BCUT2D eigenvalue weighted by Gasteiger charge is 2.35. The van der Waals surface area contributed by atoms with Crippen LogP contribution in [0.25, 0.3) is 10.9 Å². The lowest BCUT2D eigenvalue weighted by atomic mass is 9.85. The molecule has 5 nitrogen and oxygen atoms in total. The van der Waals surface area contributed by atoms with E-state index >= 15 is 0 Å². The number of fused-ring (bicyclic) bond motifs is 1. The van der Waals surface area contributed by atoms with E-state index in [1.54, 1.807) is 19.2 Å². The molecular formula is C22H24FN3O2. The highest BCUT2D eigenvalue weighted by molar-refractivity contribution is 5.97. The van der Waals surface area contributed by atoms with Crippen LogP contribution < -0.4 is 5.43 Å².